The lowest BCUT2D eigenvalue weighted by atomic mass is 10.0. The van der Waals surface area contributed by atoms with E-state index in [2.05, 4.69) is 0 Å². The van der Waals surface area contributed by atoms with E-state index in [1.807, 2.05) is 30.3 Å². The Morgan fingerprint density at radius 1 is 1.10 bits per heavy atom. The van der Waals surface area contributed by atoms with Crippen LogP contribution in [0.2, 0.25) is 0 Å². The Morgan fingerprint density at radius 2 is 1.67 bits per heavy atom. The molecule has 0 aromatic heterocycles. The van der Waals surface area contributed by atoms with Crippen molar-refractivity contribution in [3.8, 4) is 0 Å². The molecule has 0 bridgehead atoms. The van der Waals surface area contributed by atoms with Crippen LogP contribution in [0.1, 0.15) is 19.4 Å². The summed E-state index contributed by atoms with van der Waals surface area (Å²) in [6.07, 6.45) is 2.27. The molecule has 1 aliphatic heterocycles. The highest BCUT2D eigenvalue weighted by Crippen LogP contribution is 2.16. The third-order valence-electron chi connectivity index (χ3n) is 3.05. The highest BCUT2D eigenvalue weighted by atomic mass is 16.5. The third kappa shape index (κ3) is 3.56. The van der Waals surface area contributed by atoms with Gasteiger partial charge in [-0.3, -0.25) is 14.5 Å². The van der Waals surface area contributed by atoms with E-state index in [9.17, 15) is 14.4 Å². The van der Waals surface area contributed by atoms with Crippen LogP contribution in [0, 0.1) is 0 Å². The van der Waals surface area contributed by atoms with Crippen molar-refractivity contribution in [2.75, 3.05) is 0 Å². The van der Waals surface area contributed by atoms with Crippen LogP contribution in [-0.4, -0.2) is 34.8 Å². The molecule has 1 atom stereocenters. The summed E-state index contributed by atoms with van der Waals surface area (Å²) in [4.78, 5) is 36.8. The van der Waals surface area contributed by atoms with E-state index in [0.717, 1.165) is 10.5 Å². The zero-order chi connectivity index (χ0) is 15.4. The SMILES string of the molecule is CC(C)OC(=O)[C@H](Cc1ccccc1)N1C(=O)C=CC1=O. The average Bonchev–Trinajstić information content (AvgIpc) is 2.76. The molecule has 1 aromatic rings. The maximum atomic E-state index is 12.2. The molecular weight excluding hydrogens is 270 g/mol. The molecule has 110 valence electrons. The molecule has 5 heteroatoms. The fraction of sp³-hybridized carbons (Fsp3) is 0.312. The Balaban J connectivity index is 2.24. The zero-order valence-corrected chi connectivity index (χ0v) is 12.0. The summed E-state index contributed by atoms with van der Waals surface area (Å²) < 4.78 is 5.18. The molecule has 0 saturated carbocycles. The summed E-state index contributed by atoms with van der Waals surface area (Å²) in [6.45, 7) is 3.45. The molecule has 0 radical (unpaired) electrons. The fourth-order valence-electron chi connectivity index (χ4n) is 2.15. The van der Waals surface area contributed by atoms with Gasteiger partial charge in [-0.2, -0.15) is 0 Å². The van der Waals surface area contributed by atoms with Crippen molar-refractivity contribution in [1.29, 1.82) is 0 Å². The van der Waals surface area contributed by atoms with Gasteiger partial charge in [0.1, 0.15) is 6.04 Å². The lowest BCUT2D eigenvalue weighted by molar-refractivity contribution is -0.160. The normalized spacial score (nSPS) is 15.7. The highest BCUT2D eigenvalue weighted by molar-refractivity contribution is 6.14. The molecule has 2 rings (SSSR count). The number of carbonyl (C=O) groups is 3. The molecule has 1 aliphatic rings. The number of nitrogens with zero attached hydrogens (tertiary/aromatic N) is 1. The number of hydrogen-bond acceptors (Lipinski definition) is 4. The number of hydrogen-bond donors (Lipinski definition) is 0. The predicted octanol–water partition coefficient (Wildman–Crippen LogP) is 1.47. The van der Waals surface area contributed by atoms with E-state index in [4.69, 9.17) is 4.74 Å². The van der Waals surface area contributed by atoms with Crippen LogP contribution in [0.5, 0.6) is 0 Å². The maximum Gasteiger partial charge on any atom is 0.329 e. The van der Waals surface area contributed by atoms with E-state index >= 15 is 0 Å². The number of benzene rings is 1. The molecule has 0 fully saturated rings. The largest absolute Gasteiger partial charge is 0.461 e. The molecule has 0 unspecified atom stereocenters. The van der Waals surface area contributed by atoms with Gasteiger partial charge in [0.2, 0.25) is 0 Å². The first-order chi connectivity index (χ1) is 9.99. The summed E-state index contributed by atoms with van der Waals surface area (Å²) in [5.41, 5.74) is 0.857. The van der Waals surface area contributed by atoms with Crippen LogP contribution >= 0.6 is 0 Å². The van der Waals surface area contributed by atoms with Gasteiger partial charge < -0.3 is 4.74 Å². The van der Waals surface area contributed by atoms with Crippen LogP contribution in [0.25, 0.3) is 0 Å². The number of rotatable bonds is 5. The van der Waals surface area contributed by atoms with E-state index in [1.54, 1.807) is 13.8 Å². The monoisotopic (exact) mass is 287 g/mol. The Morgan fingerprint density at radius 3 is 2.19 bits per heavy atom. The highest BCUT2D eigenvalue weighted by Gasteiger charge is 2.37. The van der Waals surface area contributed by atoms with Crippen LogP contribution in [0.3, 0.4) is 0 Å². The van der Waals surface area contributed by atoms with E-state index in [0.29, 0.717) is 0 Å². The van der Waals surface area contributed by atoms with Gasteiger partial charge in [0.25, 0.3) is 11.8 Å². The van der Waals surface area contributed by atoms with Gasteiger partial charge in [-0.1, -0.05) is 30.3 Å². The van der Waals surface area contributed by atoms with Gasteiger partial charge in [-0.15, -0.1) is 0 Å². The zero-order valence-electron chi connectivity index (χ0n) is 12.0. The van der Waals surface area contributed by atoms with Crippen molar-refractivity contribution in [3.63, 3.8) is 0 Å². The Kier molecular flexibility index (Phi) is 4.52. The fourth-order valence-corrected chi connectivity index (χ4v) is 2.15. The quantitative estimate of drug-likeness (QED) is 0.608. The number of carbonyl (C=O) groups excluding carboxylic acids is 3. The molecule has 1 aromatic carbocycles. The summed E-state index contributed by atoms with van der Waals surface area (Å²) in [5, 5.41) is 0. The molecule has 5 nitrogen and oxygen atoms in total. The van der Waals surface area contributed by atoms with Crippen molar-refractivity contribution >= 4 is 17.8 Å². The number of ether oxygens (including phenoxy) is 1. The predicted molar refractivity (Wildman–Crippen MR) is 76.2 cm³/mol. The van der Waals surface area contributed by atoms with E-state index in [1.165, 1.54) is 12.2 Å². The van der Waals surface area contributed by atoms with Crippen LogP contribution in [0.15, 0.2) is 42.5 Å². The van der Waals surface area contributed by atoms with Gasteiger partial charge in [-0.05, 0) is 19.4 Å². The van der Waals surface area contributed by atoms with Gasteiger partial charge in [0, 0.05) is 18.6 Å². The minimum Gasteiger partial charge on any atom is -0.461 e. The van der Waals surface area contributed by atoms with Crippen LogP contribution in [-0.2, 0) is 25.5 Å². The van der Waals surface area contributed by atoms with Crippen molar-refractivity contribution < 1.29 is 19.1 Å². The molecule has 0 aliphatic carbocycles. The average molecular weight is 287 g/mol. The Labute approximate surface area is 123 Å². The minimum absolute atomic E-state index is 0.242. The molecule has 2 amide bonds. The lowest BCUT2D eigenvalue weighted by Crippen LogP contribution is -2.47. The summed E-state index contributed by atoms with van der Waals surface area (Å²) in [7, 11) is 0. The van der Waals surface area contributed by atoms with Crippen molar-refractivity contribution in [1.82, 2.24) is 4.90 Å². The van der Waals surface area contributed by atoms with Crippen LogP contribution < -0.4 is 0 Å². The summed E-state index contributed by atoms with van der Waals surface area (Å²) in [5.74, 6) is -1.54. The third-order valence-corrected chi connectivity index (χ3v) is 3.05. The van der Waals surface area contributed by atoms with E-state index in [-0.39, 0.29) is 12.5 Å². The van der Waals surface area contributed by atoms with Gasteiger partial charge in [-0.25, -0.2) is 4.79 Å². The topological polar surface area (TPSA) is 63.7 Å². The second kappa shape index (κ2) is 6.35. The number of amides is 2. The smallest absolute Gasteiger partial charge is 0.329 e. The summed E-state index contributed by atoms with van der Waals surface area (Å²) >= 11 is 0. The minimum atomic E-state index is -0.940. The van der Waals surface area contributed by atoms with Gasteiger partial charge in [0.05, 0.1) is 6.10 Å². The van der Waals surface area contributed by atoms with Crippen molar-refractivity contribution in [2.24, 2.45) is 0 Å². The molecule has 0 saturated heterocycles. The maximum absolute atomic E-state index is 12.2. The first-order valence-electron chi connectivity index (χ1n) is 6.78. The van der Waals surface area contributed by atoms with Gasteiger partial charge in [0.15, 0.2) is 0 Å². The second-order valence-corrected chi connectivity index (χ2v) is 5.07. The lowest BCUT2D eigenvalue weighted by Gasteiger charge is -2.25. The standard InChI is InChI=1S/C16H17NO4/c1-11(2)21-16(20)13(10-12-6-4-3-5-7-12)17-14(18)8-9-15(17)19/h3-9,11,13H,10H2,1-2H3/t13-/m0/s1. The summed E-state index contributed by atoms with van der Waals surface area (Å²) in [6, 6.07) is 8.28. The number of imide groups is 1. The first-order valence-corrected chi connectivity index (χ1v) is 6.78. The molecule has 0 spiro atoms. The molecule has 1 heterocycles. The Bertz CT molecular complexity index is 559. The van der Waals surface area contributed by atoms with E-state index < -0.39 is 23.8 Å². The van der Waals surface area contributed by atoms with Crippen molar-refractivity contribution in [3.05, 3.63) is 48.0 Å². The molecule has 0 N–H and O–H groups in total. The second-order valence-electron chi connectivity index (χ2n) is 5.07. The number of esters is 1. The van der Waals surface area contributed by atoms with Gasteiger partial charge >= 0.3 is 5.97 Å². The first kappa shape index (κ1) is 15.0. The van der Waals surface area contributed by atoms with Crippen LogP contribution in [0.4, 0.5) is 0 Å². The molecule has 21 heavy (non-hydrogen) atoms. The molecular formula is C16H17NO4. The van der Waals surface area contributed by atoms with Crippen molar-refractivity contribution in [2.45, 2.75) is 32.4 Å². The Hall–Kier alpha value is -2.43.